The van der Waals surface area contributed by atoms with Crippen molar-refractivity contribution in [3.8, 4) is 0 Å². The van der Waals surface area contributed by atoms with Gasteiger partial charge in [-0.1, -0.05) is 18.2 Å². The van der Waals surface area contributed by atoms with Crippen LogP contribution in [0.4, 0.5) is 4.39 Å². The number of halogens is 1. The largest absolute Gasteiger partial charge is 0.383 e. The number of H-pyrrole nitrogens is 1. The highest BCUT2D eigenvalue weighted by molar-refractivity contribution is 5.97. The summed E-state index contributed by atoms with van der Waals surface area (Å²) < 4.78 is 16.8. The molecule has 3 aromatic rings. The van der Waals surface area contributed by atoms with Gasteiger partial charge >= 0.3 is 0 Å². The number of ether oxygens (including phenoxy) is 1. The smallest absolute Gasteiger partial charge is 0.251 e. The molecule has 0 aliphatic carbocycles. The second-order valence-corrected chi connectivity index (χ2v) is 4.72. The number of carbonyl (C=O) groups excluding carboxylic acids is 1. The van der Waals surface area contributed by atoms with Crippen LogP contribution in [0.2, 0.25) is 0 Å². The lowest BCUT2D eigenvalue weighted by Crippen LogP contribution is -2.26. The number of aromatic nitrogens is 2. The molecule has 0 aliphatic rings. The zero-order chi connectivity index (χ0) is 16.5. The first-order chi connectivity index (χ1) is 11.2. The molecule has 0 fully saturated rings. The monoisotopic (exact) mass is 315 g/mol. The molecular weight excluding hydrogens is 297 g/mol. The Morgan fingerprint density at radius 1 is 1.26 bits per heavy atom. The number of amides is 1. The molecule has 5 nitrogen and oxygen atoms in total. The van der Waals surface area contributed by atoms with Gasteiger partial charge in [0.2, 0.25) is 0 Å². The van der Waals surface area contributed by atoms with Gasteiger partial charge in [-0.3, -0.25) is 9.89 Å². The third kappa shape index (κ3) is 5.19. The number of nitrogens with one attached hydrogen (secondary N) is 2. The molecule has 1 amide bonds. The lowest BCUT2D eigenvalue weighted by Gasteiger charge is -2.04. The average molecular weight is 315 g/mol. The first-order valence-electron chi connectivity index (χ1n) is 7.11. The van der Waals surface area contributed by atoms with Gasteiger partial charge in [-0.2, -0.15) is 5.10 Å². The number of aromatic amines is 1. The minimum absolute atomic E-state index is 0.0971. The molecule has 0 spiro atoms. The topological polar surface area (TPSA) is 67.0 Å². The molecule has 0 radical (unpaired) electrons. The minimum atomic E-state index is -0.178. The molecule has 0 bridgehead atoms. The van der Waals surface area contributed by atoms with Gasteiger partial charge in [0.25, 0.3) is 5.91 Å². The van der Waals surface area contributed by atoms with E-state index in [1.807, 2.05) is 6.07 Å². The second-order valence-electron chi connectivity index (χ2n) is 4.72. The molecule has 2 aromatic carbocycles. The fourth-order valence-electron chi connectivity index (χ4n) is 1.87. The number of hydrogen-bond acceptors (Lipinski definition) is 3. The van der Waals surface area contributed by atoms with Crippen LogP contribution < -0.4 is 5.32 Å². The van der Waals surface area contributed by atoms with E-state index in [-0.39, 0.29) is 11.7 Å². The fraction of sp³-hybridized carbons (Fsp3) is 0.176. The van der Waals surface area contributed by atoms with Crippen molar-refractivity contribution >= 4 is 16.8 Å². The summed E-state index contributed by atoms with van der Waals surface area (Å²) in [5.41, 5.74) is 1.55. The van der Waals surface area contributed by atoms with Crippen LogP contribution in [-0.4, -0.2) is 36.4 Å². The maximum absolute atomic E-state index is 11.9. The Hall–Kier alpha value is -2.73. The van der Waals surface area contributed by atoms with E-state index in [9.17, 15) is 9.18 Å². The van der Waals surface area contributed by atoms with Crippen molar-refractivity contribution in [2.75, 3.05) is 20.3 Å². The number of rotatable bonds is 4. The van der Waals surface area contributed by atoms with Gasteiger partial charge in [0, 0.05) is 24.6 Å². The van der Waals surface area contributed by atoms with Gasteiger partial charge in [-0.05, 0) is 30.3 Å². The third-order valence-electron chi connectivity index (χ3n) is 3.03. The Morgan fingerprint density at radius 3 is 2.70 bits per heavy atom. The molecule has 0 unspecified atom stereocenters. The molecule has 3 rings (SSSR count). The first kappa shape index (κ1) is 16.6. The van der Waals surface area contributed by atoms with E-state index in [0.717, 1.165) is 10.9 Å². The summed E-state index contributed by atoms with van der Waals surface area (Å²) in [5, 5.41) is 10.4. The van der Waals surface area contributed by atoms with Crippen LogP contribution in [0.25, 0.3) is 10.9 Å². The van der Waals surface area contributed by atoms with Crippen molar-refractivity contribution < 1.29 is 13.9 Å². The number of nitrogens with zero attached hydrogens (tertiary/aromatic N) is 1. The Bertz CT molecular complexity index is 744. The summed E-state index contributed by atoms with van der Waals surface area (Å²) in [5.74, 6) is -0.275. The fourth-order valence-corrected chi connectivity index (χ4v) is 1.87. The molecule has 23 heavy (non-hydrogen) atoms. The highest BCUT2D eigenvalue weighted by Crippen LogP contribution is 2.12. The summed E-state index contributed by atoms with van der Waals surface area (Å²) in [6, 6.07) is 13.4. The number of fused-ring (bicyclic) bond motifs is 1. The molecule has 6 heteroatoms. The SMILES string of the molecule is COCCNC(=O)c1ccc2[nH]ncc2c1.Fc1ccccc1. The third-order valence-corrected chi connectivity index (χ3v) is 3.03. The zero-order valence-corrected chi connectivity index (χ0v) is 12.8. The Balaban J connectivity index is 0.000000229. The molecule has 0 saturated heterocycles. The van der Waals surface area contributed by atoms with Gasteiger partial charge in [0.05, 0.1) is 18.3 Å². The van der Waals surface area contributed by atoms with E-state index < -0.39 is 0 Å². The van der Waals surface area contributed by atoms with Crippen LogP contribution in [0.15, 0.2) is 54.7 Å². The minimum Gasteiger partial charge on any atom is -0.383 e. The van der Waals surface area contributed by atoms with Crippen LogP contribution in [0.3, 0.4) is 0 Å². The molecule has 1 aromatic heterocycles. The summed E-state index contributed by atoms with van der Waals surface area (Å²) in [4.78, 5) is 11.7. The normalized spacial score (nSPS) is 10.0. The summed E-state index contributed by atoms with van der Waals surface area (Å²) in [6.07, 6.45) is 1.70. The van der Waals surface area contributed by atoms with E-state index in [0.29, 0.717) is 18.7 Å². The molecule has 0 aliphatic heterocycles. The molecule has 0 atom stereocenters. The van der Waals surface area contributed by atoms with Crippen molar-refractivity contribution in [2.24, 2.45) is 0 Å². The average Bonchev–Trinajstić information content (AvgIpc) is 3.04. The van der Waals surface area contributed by atoms with E-state index in [2.05, 4.69) is 15.5 Å². The van der Waals surface area contributed by atoms with E-state index in [1.165, 1.54) is 12.1 Å². The van der Waals surface area contributed by atoms with E-state index >= 15 is 0 Å². The van der Waals surface area contributed by atoms with Gasteiger partial charge in [-0.25, -0.2) is 4.39 Å². The number of carbonyl (C=O) groups is 1. The quantitative estimate of drug-likeness (QED) is 0.728. The number of hydrogen-bond donors (Lipinski definition) is 2. The van der Waals surface area contributed by atoms with Crippen LogP contribution in [-0.2, 0) is 4.74 Å². The maximum Gasteiger partial charge on any atom is 0.251 e. The Labute approximate surface area is 133 Å². The van der Waals surface area contributed by atoms with Crippen LogP contribution in [0.5, 0.6) is 0 Å². The molecule has 1 heterocycles. The first-order valence-corrected chi connectivity index (χ1v) is 7.11. The Morgan fingerprint density at radius 2 is 2.04 bits per heavy atom. The van der Waals surface area contributed by atoms with E-state index in [4.69, 9.17) is 4.74 Å². The standard InChI is InChI=1S/C11H13N3O2.C6H5F/c1-16-5-4-12-11(15)8-2-3-10-9(6-8)7-13-14-10;7-6-4-2-1-3-5-6/h2-3,6-7H,4-5H2,1H3,(H,12,15)(H,13,14);1-5H. The maximum atomic E-state index is 11.9. The van der Waals surface area contributed by atoms with Gasteiger partial charge in [-0.15, -0.1) is 0 Å². The predicted octanol–water partition coefficient (Wildman–Crippen LogP) is 2.76. The summed E-state index contributed by atoms with van der Waals surface area (Å²) in [6.45, 7) is 1.03. The lowest BCUT2D eigenvalue weighted by molar-refractivity contribution is 0.0937. The van der Waals surface area contributed by atoms with Gasteiger partial charge in [0.1, 0.15) is 5.82 Å². The highest BCUT2D eigenvalue weighted by Gasteiger charge is 2.05. The number of methoxy groups -OCH3 is 1. The van der Waals surface area contributed by atoms with Crippen molar-refractivity contribution in [2.45, 2.75) is 0 Å². The molecular formula is C17H18FN3O2. The summed E-state index contributed by atoms with van der Waals surface area (Å²) in [7, 11) is 1.60. The highest BCUT2D eigenvalue weighted by atomic mass is 19.1. The van der Waals surface area contributed by atoms with E-state index in [1.54, 1.807) is 43.6 Å². The van der Waals surface area contributed by atoms with Gasteiger partial charge < -0.3 is 10.1 Å². The predicted molar refractivity (Wildman–Crippen MR) is 86.7 cm³/mol. The van der Waals surface area contributed by atoms with Crippen molar-refractivity contribution in [1.82, 2.24) is 15.5 Å². The van der Waals surface area contributed by atoms with Crippen molar-refractivity contribution in [3.63, 3.8) is 0 Å². The van der Waals surface area contributed by atoms with Gasteiger partial charge in [0.15, 0.2) is 0 Å². The molecule has 2 N–H and O–H groups in total. The van der Waals surface area contributed by atoms with Crippen molar-refractivity contribution in [3.05, 3.63) is 66.1 Å². The molecule has 0 saturated carbocycles. The number of benzene rings is 2. The zero-order valence-electron chi connectivity index (χ0n) is 12.8. The second kappa shape index (κ2) is 8.65. The van der Waals surface area contributed by atoms with Crippen LogP contribution in [0, 0.1) is 5.82 Å². The molecule has 120 valence electrons. The lowest BCUT2D eigenvalue weighted by atomic mass is 10.1. The summed E-state index contributed by atoms with van der Waals surface area (Å²) >= 11 is 0. The Kier molecular flexibility index (Phi) is 6.26. The van der Waals surface area contributed by atoms with Crippen LogP contribution >= 0.6 is 0 Å². The van der Waals surface area contributed by atoms with Crippen LogP contribution in [0.1, 0.15) is 10.4 Å². The van der Waals surface area contributed by atoms with Crippen molar-refractivity contribution in [1.29, 1.82) is 0 Å².